The maximum absolute atomic E-state index is 4.11. The molecule has 0 aliphatic carbocycles. The number of aryl methyl sites for hydroxylation is 1. The predicted octanol–water partition coefficient (Wildman–Crippen LogP) is 3.63. The number of nitrogens with zero attached hydrogens (tertiary/aromatic N) is 2. The first-order valence-corrected chi connectivity index (χ1v) is 7.55. The molecule has 1 atom stereocenters. The van der Waals surface area contributed by atoms with Crippen LogP contribution in [0.1, 0.15) is 36.0 Å². The van der Waals surface area contributed by atoms with Gasteiger partial charge in [-0.3, -0.25) is 9.88 Å². The third-order valence-corrected chi connectivity index (χ3v) is 4.26. The first-order valence-electron chi connectivity index (χ1n) is 7.55. The molecule has 2 nitrogen and oxygen atoms in total. The van der Waals surface area contributed by atoms with Crippen LogP contribution in [0.5, 0.6) is 0 Å². The highest BCUT2D eigenvalue weighted by Gasteiger charge is 2.23. The van der Waals surface area contributed by atoms with E-state index in [1.54, 1.807) is 0 Å². The van der Waals surface area contributed by atoms with Crippen LogP contribution in [0.25, 0.3) is 0 Å². The van der Waals surface area contributed by atoms with Gasteiger partial charge in [-0.05, 0) is 54.1 Å². The van der Waals surface area contributed by atoms with Gasteiger partial charge < -0.3 is 0 Å². The molecule has 0 N–H and O–H groups in total. The summed E-state index contributed by atoms with van der Waals surface area (Å²) in [6, 6.07) is 13.3. The molecule has 0 bridgehead atoms. The van der Waals surface area contributed by atoms with Crippen LogP contribution in [0.3, 0.4) is 0 Å². The molecule has 1 saturated heterocycles. The third-order valence-electron chi connectivity index (χ3n) is 4.26. The fourth-order valence-corrected chi connectivity index (χ4v) is 3.09. The maximum Gasteiger partial charge on any atom is 0.0270 e. The topological polar surface area (TPSA) is 16.1 Å². The normalized spacial score (nSPS) is 19.4. The van der Waals surface area contributed by atoms with E-state index >= 15 is 0 Å². The van der Waals surface area contributed by atoms with Crippen molar-refractivity contribution in [1.82, 2.24) is 9.88 Å². The third kappa shape index (κ3) is 3.07. The van der Waals surface area contributed by atoms with E-state index in [1.807, 2.05) is 12.4 Å². The number of pyridine rings is 1. The summed E-state index contributed by atoms with van der Waals surface area (Å²) in [6.07, 6.45) is 6.19. The molecule has 1 aliphatic heterocycles. The Kier molecular flexibility index (Phi) is 4.12. The summed E-state index contributed by atoms with van der Waals surface area (Å²) in [6.45, 7) is 5.66. The monoisotopic (exact) mass is 266 g/mol. The second-order valence-electron chi connectivity index (χ2n) is 5.67. The molecule has 2 aromatic rings. The minimum atomic E-state index is 0.673. The Hall–Kier alpha value is -1.67. The van der Waals surface area contributed by atoms with E-state index in [2.05, 4.69) is 53.2 Å². The van der Waals surface area contributed by atoms with Crippen molar-refractivity contribution < 1.29 is 0 Å². The fourth-order valence-electron chi connectivity index (χ4n) is 3.09. The molecule has 2 heteroatoms. The zero-order valence-corrected chi connectivity index (χ0v) is 12.1. The lowest BCUT2D eigenvalue weighted by Crippen LogP contribution is -2.19. The quantitative estimate of drug-likeness (QED) is 0.840. The SMILES string of the molecule is CCc1cccc(CN2CCC(c3ccncc3)C2)c1. The maximum atomic E-state index is 4.11. The Balaban J connectivity index is 1.63. The summed E-state index contributed by atoms with van der Waals surface area (Å²) >= 11 is 0. The first-order chi connectivity index (χ1) is 9.85. The second kappa shape index (κ2) is 6.19. The Labute approximate surface area is 121 Å². The van der Waals surface area contributed by atoms with Crippen molar-refractivity contribution in [2.24, 2.45) is 0 Å². The van der Waals surface area contributed by atoms with Crippen LogP contribution in [0.2, 0.25) is 0 Å². The number of rotatable bonds is 4. The van der Waals surface area contributed by atoms with E-state index in [-0.39, 0.29) is 0 Å². The van der Waals surface area contributed by atoms with Crippen LogP contribution in [0, 0.1) is 0 Å². The summed E-state index contributed by atoms with van der Waals surface area (Å²) in [5.74, 6) is 0.673. The van der Waals surface area contributed by atoms with E-state index in [0.717, 1.165) is 13.0 Å². The molecule has 0 spiro atoms. The average molecular weight is 266 g/mol. The van der Waals surface area contributed by atoms with E-state index in [0.29, 0.717) is 5.92 Å². The van der Waals surface area contributed by atoms with Gasteiger partial charge in [-0.1, -0.05) is 31.2 Å². The van der Waals surface area contributed by atoms with Gasteiger partial charge in [0.1, 0.15) is 0 Å². The van der Waals surface area contributed by atoms with Crippen molar-refractivity contribution in [3.8, 4) is 0 Å². The van der Waals surface area contributed by atoms with E-state index in [4.69, 9.17) is 0 Å². The lowest BCUT2D eigenvalue weighted by Gasteiger charge is -2.16. The zero-order valence-electron chi connectivity index (χ0n) is 12.1. The molecule has 1 unspecified atom stereocenters. The Bertz CT molecular complexity index is 550. The molecule has 3 rings (SSSR count). The highest BCUT2D eigenvalue weighted by Crippen LogP contribution is 2.27. The number of likely N-dealkylation sites (tertiary alicyclic amines) is 1. The Morgan fingerprint density at radius 3 is 2.75 bits per heavy atom. The standard InChI is InChI=1S/C18H22N2/c1-2-15-4-3-5-16(12-15)13-20-11-8-18(14-20)17-6-9-19-10-7-17/h3-7,9-10,12,18H,2,8,11,13-14H2,1H3. The molecule has 1 aliphatic rings. The van der Waals surface area contributed by atoms with Crippen molar-refractivity contribution in [2.45, 2.75) is 32.2 Å². The van der Waals surface area contributed by atoms with Crippen LogP contribution < -0.4 is 0 Å². The molecule has 0 amide bonds. The van der Waals surface area contributed by atoms with Crippen molar-refractivity contribution >= 4 is 0 Å². The average Bonchev–Trinajstić information content (AvgIpc) is 2.97. The lowest BCUT2D eigenvalue weighted by atomic mass is 10.00. The molecule has 104 valence electrons. The highest BCUT2D eigenvalue weighted by atomic mass is 15.1. The number of benzene rings is 1. The molecule has 0 radical (unpaired) electrons. The van der Waals surface area contributed by atoms with Crippen molar-refractivity contribution in [3.63, 3.8) is 0 Å². The smallest absolute Gasteiger partial charge is 0.0270 e. The van der Waals surface area contributed by atoms with Crippen LogP contribution in [0.4, 0.5) is 0 Å². The summed E-state index contributed by atoms with van der Waals surface area (Å²) in [5.41, 5.74) is 4.32. The van der Waals surface area contributed by atoms with Crippen LogP contribution in [0.15, 0.2) is 48.8 Å². The largest absolute Gasteiger partial charge is 0.298 e. The first kappa shape index (κ1) is 13.3. The minimum absolute atomic E-state index is 0.673. The molecule has 2 heterocycles. The van der Waals surface area contributed by atoms with Crippen molar-refractivity contribution in [1.29, 1.82) is 0 Å². The van der Waals surface area contributed by atoms with E-state index in [9.17, 15) is 0 Å². The van der Waals surface area contributed by atoms with Gasteiger partial charge in [0.2, 0.25) is 0 Å². The summed E-state index contributed by atoms with van der Waals surface area (Å²) < 4.78 is 0. The summed E-state index contributed by atoms with van der Waals surface area (Å²) in [4.78, 5) is 6.68. The predicted molar refractivity (Wildman–Crippen MR) is 82.7 cm³/mol. The van der Waals surface area contributed by atoms with Crippen molar-refractivity contribution in [2.75, 3.05) is 13.1 Å². The molecule has 1 fully saturated rings. The van der Waals surface area contributed by atoms with Crippen LogP contribution >= 0.6 is 0 Å². The fraction of sp³-hybridized carbons (Fsp3) is 0.389. The van der Waals surface area contributed by atoms with Gasteiger partial charge >= 0.3 is 0 Å². The van der Waals surface area contributed by atoms with Gasteiger partial charge in [-0.2, -0.15) is 0 Å². The summed E-state index contributed by atoms with van der Waals surface area (Å²) in [7, 11) is 0. The van der Waals surface area contributed by atoms with Crippen LogP contribution in [-0.2, 0) is 13.0 Å². The highest BCUT2D eigenvalue weighted by molar-refractivity contribution is 5.24. The zero-order chi connectivity index (χ0) is 13.8. The van der Waals surface area contributed by atoms with Crippen LogP contribution in [-0.4, -0.2) is 23.0 Å². The molecule has 1 aromatic carbocycles. The van der Waals surface area contributed by atoms with Gasteiger partial charge in [-0.25, -0.2) is 0 Å². The molecule has 1 aromatic heterocycles. The van der Waals surface area contributed by atoms with Gasteiger partial charge in [0.05, 0.1) is 0 Å². The molecule has 0 saturated carbocycles. The number of hydrogen-bond donors (Lipinski definition) is 0. The van der Waals surface area contributed by atoms with E-state index < -0.39 is 0 Å². The number of hydrogen-bond acceptors (Lipinski definition) is 2. The summed E-state index contributed by atoms with van der Waals surface area (Å²) in [5, 5.41) is 0. The van der Waals surface area contributed by atoms with Gasteiger partial charge in [0.15, 0.2) is 0 Å². The van der Waals surface area contributed by atoms with E-state index in [1.165, 1.54) is 36.2 Å². The minimum Gasteiger partial charge on any atom is -0.298 e. The van der Waals surface area contributed by atoms with Gasteiger partial charge in [0.25, 0.3) is 0 Å². The number of aromatic nitrogens is 1. The van der Waals surface area contributed by atoms with Crippen molar-refractivity contribution in [3.05, 3.63) is 65.5 Å². The van der Waals surface area contributed by atoms with Gasteiger partial charge in [-0.15, -0.1) is 0 Å². The Morgan fingerprint density at radius 1 is 1.15 bits per heavy atom. The lowest BCUT2D eigenvalue weighted by molar-refractivity contribution is 0.327. The van der Waals surface area contributed by atoms with Gasteiger partial charge in [0, 0.05) is 25.5 Å². The molecule has 20 heavy (non-hydrogen) atoms. The molecular weight excluding hydrogens is 244 g/mol. The Morgan fingerprint density at radius 2 is 1.95 bits per heavy atom. The molecular formula is C18H22N2. The second-order valence-corrected chi connectivity index (χ2v) is 5.67.